The van der Waals surface area contributed by atoms with Crippen molar-refractivity contribution >= 4 is 4.08 Å². The summed E-state index contributed by atoms with van der Waals surface area (Å²) in [5.74, 6) is 0. The first kappa shape index (κ1) is 37.5. The van der Waals surface area contributed by atoms with Crippen LogP contribution in [0, 0.1) is 33.3 Å². The van der Waals surface area contributed by atoms with Gasteiger partial charge >= 0.3 is 202 Å². The van der Waals surface area contributed by atoms with E-state index in [1.165, 1.54) is 61.8 Å². The number of ether oxygens (including phenoxy) is 2. The number of morpholine rings is 1. The first-order valence-corrected chi connectivity index (χ1v) is 10.8. The third-order valence-corrected chi connectivity index (χ3v) is 5.28. The third-order valence-electron chi connectivity index (χ3n) is 4.07. The van der Waals surface area contributed by atoms with Crippen LogP contribution in [-0.2, 0) is 52.1 Å². The second-order valence-corrected chi connectivity index (χ2v) is 6.92. The van der Waals surface area contributed by atoms with E-state index in [0.717, 1.165) is 37.0 Å². The summed E-state index contributed by atoms with van der Waals surface area (Å²) in [6.45, 7) is 31.0. The molecule has 2 rings (SSSR count). The molecule has 1 aliphatic heterocycles. The molecule has 0 bridgehead atoms. The molecular weight excluding hydrogens is 586 g/mol. The van der Waals surface area contributed by atoms with E-state index in [4.69, 9.17) is 32.7 Å². The van der Waals surface area contributed by atoms with Crippen LogP contribution in [0.3, 0.4) is 0 Å². The first-order chi connectivity index (χ1) is 15.8. The number of nitrogens with zero attached hydrogens (tertiary/aromatic N) is 1. The zero-order valence-electron chi connectivity index (χ0n) is 18.3. The Bertz CT molecular complexity index is 644. The molecule has 0 N–H and O–H groups in total. The Kier molecular flexibility index (Phi) is 36.8. The fourth-order valence-electron chi connectivity index (χ4n) is 2.93. The zero-order valence-corrected chi connectivity index (χ0v) is 21.2. The second kappa shape index (κ2) is 31.4. The summed E-state index contributed by atoms with van der Waals surface area (Å²) in [5, 5.41) is 0. The third kappa shape index (κ3) is 16.8. The van der Waals surface area contributed by atoms with Crippen LogP contribution in [0.1, 0.15) is 39.5 Å². The van der Waals surface area contributed by atoms with E-state index in [0.29, 0.717) is 0 Å². The monoisotopic (exact) mass is 613 g/mol. The van der Waals surface area contributed by atoms with E-state index in [2.05, 4.69) is 70.4 Å². The Hall–Kier alpha value is -1.80. The van der Waals surface area contributed by atoms with Gasteiger partial charge in [-0.05, 0) is 0 Å². The number of rotatable bonds is 6. The van der Waals surface area contributed by atoms with Crippen LogP contribution in [-0.4, -0.2) is 41.9 Å². The summed E-state index contributed by atoms with van der Waals surface area (Å²) in [6, 6.07) is 0. The molecule has 1 aliphatic carbocycles. The molecule has 1 heterocycles. The predicted octanol–water partition coefficient (Wildman–Crippen LogP) is 3.17. The SMILES string of the molecule is C/C=C(C1=CCCCC1)/C(=C\N1CCOCC1)[C](=[W])OCC.[C-]#[O+].[C-]#[O+].[C-]#[O+].[C-]#[O+].[C-]#[O+]. The second-order valence-electron chi connectivity index (χ2n) is 5.59. The topological polar surface area (TPSA) is 121 Å². The Morgan fingerprint density at radius 2 is 1.56 bits per heavy atom. The maximum absolute atomic E-state index is 7.50. The van der Waals surface area contributed by atoms with Crippen LogP contribution in [0.25, 0.3) is 0 Å². The molecule has 0 aromatic heterocycles. The number of allylic oxidation sites excluding steroid dienone is 3. The molecule has 0 radical (unpaired) electrons. The molecule has 0 aromatic carbocycles. The van der Waals surface area contributed by atoms with Gasteiger partial charge in [0.2, 0.25) is 0 Å². The fraction of sp³-hybridized carbons (Fsp3) is 0.478. The Morgan fingerprint density at radius 1 is 1.03 bits per heavy atom. The van der Waals surface area contributed by atoms with Crippen molar-refractivity contribution in [2.24, 2.45) is 0 Å². The fourth-order valence-corrected chi connectivity index (χ4v) is 3.93. The summed E-state index contributed by atoms with van der Waals surface area (Å²) >= 11 is 1.40. The van der Waals surface area contributed by atoms with Crippen LogP contribution in [0.15, 0.2) is 35.1 Å². The quantitative estimate of drug-likeness (QED) is 0.260. The molecule has 0 aromatic rings. The maximum atomic E-state index is 7.50. The van der Waals surface area contributed by atoms with Crippen LogP contribution in [0.4, 0.5) is 0 Å². The average Bonchev–Trinajstić information content (AvgIpc) is 2.91. The van der Waals surface area contributed by atoms with Crippen molar-refractivity contribution in [2.45, 2.75) is 39.5 Å². The summed E-state index contributed by atoms with van der Waals surface area (Å²) in [7, 11) is 0. The molecule has 9 heteroatoms. The van der Waals surface area contributed by atoms with Gasteiger partial charge in [-0.3, -0.25) is 0 Å². The van der Waals surface area contributed by atoms with Gasteiger partial charge in [-0.2, -0.15) is 0 Å². The van der Waals surface area contributed by atoms with E-state index in [1.54, 1.807) is 0 Å². The standard InChI is InChI=1S/C18H27NO2.5CO.W/c1-3-18(16-8-6-5-7-9-16)17(15-20-4-2)14-19-10-12-21-13-11-19;5*1-2;/h3,8,14H,4-7,9-13H2,1-2H3;;;;;;/b17-14-,18-3+;;;;;;. The normalized spacial score (nSPS) is 14.6. The van der Waals surface area contributed by atoms with Gasteiger partial charge in [-0.25, -0.2) is 0 Å². The Morgan fingerprint density at radius 3 is 1.97 bits per heavy atom. The van der Waals surface area contributed by atoms with Gasteiger partial charge in [0.05, 0.1) is 0 Å². The van der Waals surface area contributed by atoms with E-state index in [1.807, 2.05) is 0 Å². The van der Waals surface area contributed by atoms with E-state index < -0.39 is 0 Å². The van der Waals surface area contributed by atoms with Gasteiger partial charge < -0.3 is 0 Å². The van der Waals surface area contributed by atoms with Crippen molar-refractivity contribution < 1.29 is 52.1 Å². The molecule has 172 valence electrons. The van der Waals surface area contributed by atoms with Crippen LogP contribution in [0.5, 0.6) is 0 Å². The minimum atomic E-state index is 0.731. The van der Waals surface area contributed by atoms with Gasteiger partial charge in [0.25, 0.3) is 0 Å². The van der Waals surface area contributed by atoms with Crippen molar-refractivity contribution in [2.75, 3.05) is 32.9 Å². The molecule has 0 spiro atoms. The summed E-state index contributed by atoms with van der Waals surface area (Å²) in [5.41, 5.74) is 4.13. The molecular formula is C23H27NO7W. The molecule has 1 saturated heterocycles. The van der Waals surface area contributed by atoms with Crippen molar-refractivity contribution in [3.63, 3.8) is 0 Å². The zero-order chi connectivity index (χ0) is 25.8. The minimum absolute atomic E-state index is 0.731. The van der Waals surface area contributed by atoms with Gasteiger partial charge in [-0.15, -0.1) is 0 Å². The molecule has 0 atom stereocenters. The first-order valence-electron chi connectivity index (χ1n) is 9.35. The predicted molar refractivity (Wildman–Crippen MR) is 107 cm³/mol. The van der Waals surface area contributed by atoms with Crippen molar-refractivity contribution in [3.05, 3.63) is 68.3 Å². The van der Waals surface area contributed by atoms with Crippen molar-refractivity contribution in [1.29, 1.82) is 0 Å². The van der Waals surface area contributed by atoms with Crippen LogP contribution < -0.4 is 0 Å². The van der Waals surface area contributed by atoms with Crippen molar-refractivity contribution in [3.8, 4) is 0 Å². The summed E-state index contributed by atoms with van der Waals surface area (Å²) in [4.78, 5) is 2.37. The molecule has 0 amide bonds. The van der Waals surface area contributed by atoms with Gasteiger partial charge in [0.15, 0.2) is 0 Å². The van der Waals surface area contributed by atoms with Crippen LogP contribution >= 0.6 is 0 Å². The molecule has 8 nitrogen and oxygen atoms in total. The average molecular weight is 613 g/mol. The number of hydrogen-bond donors (Lipinski definition) is 0. The van der Waals surface area contributed by atoms with E-state index >= 15 is 0 Å². The van der Waals surface area contributed by atoms with Crippen LogP contribution in [0.2, 0.25) is 0 Å². The van der Waals surface area contributed by atoms with Gasteiger partial charge in [-0.1, -0.05) is 0 Å². The van der Waals surface area contributed by atoms with Gasteiger partial charge in [0.1, 0.15) is 0 Å². The molecule has 1 fully saturated rings. The Balaban J connectivity index is -0.000000345. The van der Waals surface area contributed by atoms with Gasteiger partial charge in [0, 0.05) is 0 Å². The summed E-state index contributed by atoms with van der Waals surface area (Å²) in [6.07, 6.45) is 12.0. The molecule has 32 heavy (non-hydrogen) atoms. The molecule has 2 aliphatic rings. The Labute approximate surface area is 201 Å². The summed E-state index contributed by atoms with van der Waals surface area (Å²) < 4.78 is 49.9. The molecule has 0 saturated carbocycles. The molecule has 0 unspecified atom stereocenters. The number of hydrogen-bond acceptors (Lipinski definition) is 3. The van der Waals surface area contributed by atoms with E-state index in [-0.39, 0.29) is 0 Å². The van der Waals surface area contributed by atoms with Crippen molar-refractivity contribution in [1.82, 2.24) is 4.90 Å². The van der Waals surface area contributed by atoms with E-state index in [9.17, 15) is 0 Å².